The normalized spacial score (nSPS) is 11.1. The Morgan fingerprint density at radius 3 is 2.53 bits per heavy atom. The number of benzene rings is 2. The molecule has 0 aliphatic rings. The Hall–Kier alpha value is -1.42. The second-order valence-electron chi connectivity index (χ2n) is 4.11. The van der Waals surface area contributed by atoms with Crippen LogP contribution >= 0.6 is 34.8 Å². The molecule has 0 aliphatic heterocycles. The first-order chi connectivity index (χ1) is 9.04. The molecular formula is C13H8Cl3N3. The quantitative estimate of drug-likeness (QED) is 0.636. The minimum Gasteiger partial charge on any atom is -0.398 e. The lowest BCUT2D eigenvalue weighted by molar-refractivity contribution is 1.34. The third-order valence-electron chi connectivity index (χ3n) is 2.77. The standard InChI is InChI=1S/C13H8Cl3N3/c14-7-4-9(16)12-11(5-7)18-13(19-12)6-1-2-8(15)10(17)3-6/h1-5H,17H2,(H,18,19). The van der Waals surface area contributed by atoms with Gasteiger partial charge in [0.15, 0.2) is 0 Å². The number of fused-ring (bicyclic) bond motifs is 1. The SMILES string of the molecule is Nc1cc(-c2nc3c(Cl)cc(Cl)cc3[nH]2)ccc1Cl. The number of nitrogen functional groups attached to an aromatic ring is 1. The predicted molar refractivity (Wildman–Crippen MR) is 81.0 cm³/mol. The van der Waals surface area contributed by atoms with Crippen molar-refractivity contribution in [3.8, 4) is 11.4 Å². The average molecular weight is 313 g/mol. The van der Waals surface area contributed by atoms with Crippen LogP contribution in [0.2, 0.25) is 15.1 Å². The zero-order valence-corrected chi connectivity index (χ0v) is 11.8. The fraction of sp³-hybridized carbons (Fsp3) is 0. The molecule has 0 saturated carbocycles. The van der Waals surface area contributed by atoms with Crippen LogP contribution in [0.5, 0.6) is 0 Å². The van der Waals surface area contributed by atoms with Crippen molar-refractivity contribution in [1.82, 2.24) is 9.97 Å². The Bertz CT molecular complexity index is 780. The molecule has 19 heavy (non-hydrogen) atoms. The van der Waals surface area contributed by atoms with Gasteiger partial charge in [-0.05, 0) is 30.3 Å². The zero-order valence-electron chi connectivity index (χ0n) is 9.55. The van der Waals surface area contributed by atoms with E-state index in [9.17, 15) is 0 Å². The van der Waals surface area contributed by atoms with E-state index >= 15 is 0 Å². The summed E-state index contributed by atoms with van der Waals surface area (Å²) in [5.74, 6) is 0.669. The molecule has 3 rings (SSSR count). The number of rotatable bonds is 1. The number of hydrogen-bond acceptors (Lipinski definition) is 2. The first-order valence-corrected chi connectivity index (χ1v) is 6.58. The highest BCUT2D eigenvalue weighted by molar-refractivity contribution is 6.38. The highest BCUT2D eigenvalue weighted by Gasteiger charge is 2.10. The maximum atomic E-state index is 6.11. The van der Waals surface area contributed by atoms with Crippen LogP contribution in [0.3, 0.4) is 0 Å². The van der Waals surface area contributed by atoms with Gasteiger partial charge in [0.2, 0.25) is 0 Å². The van der Waals surface area contributed by atoms with E-state index in [0.717, 1.165) is 11.1 Å². The van der Waals surface area contributed by atoms with Gasteiger partial charge in [-0.15, -0.1) is 0 Å². The van der Waals surface area contributed by atoms with Crippen LogP contribution in [0.15, 0.2) is 30.3 Å². The summed E-state index contributed by atoms with van der Waals surface area (Å²) < 4.78 is 0. The van der Waals surface area contributed by atoms with Gasteiger partial charge in [0.25, 0.3) is 0 Å². The Balaban J connectivity index is 2.20. The third-order valence-corrected chi connectivity index (χ3v) is 3.62. The molecule has 1 aromatic heterocycles. The van der Waals surface area contributed by atoms with Crippen LogP contribution in [0.25, 0.3) is 22.4 Å². The van der Waals surface area contributed by atoms with Crippen molar-refractivity contribution in [2.75, 3.05) is 5.73 Å². The highest BCUT2D eigenvalue weighted by atomic mass is 35.5. The Kier molecular flexibility index (Phi) is 3.05. The van der Waals surface area contributed by atoms with Gasteiger partial charge in [-0.1, -0.05) is 34.8 Å². The molecule has 0 saturated heterocycles. The molecule has 0 bridgehead atoms. The largest absolute Gasteiger partial charge is 0.398 e. The van der Waals surface area contributed by atoms with E-state index in [0.29, 0.717) is 32.1 Å². The molecular weight excluding hydrogens is 305 g/mol. The molecule has 3 nitrogen and oxygen atoms in total. The summed E-state index contributed by atoms with van der Waals surface area (Å²) in [6.45, 7) is 0. The minimum atomic E-state index is 0.503. The Morgan fingerprint density at radius 1 is 1.00 bits per heavy atom. The second kappa shape index (κ2) is 4.60. The summed E-state index contributed by atoms with van der Waals surface area (Å²) in [4.78, 5) is 7.61. The number of aromatic nitrogens is 2. The second-order valence-corrected chi connectivity index (χ2v) is 5.36. The van der Waals surface area contributed by atoms with Crippen LogP contribution < -0.4 is 5.73 Å². The van der Waals surface area contributed by atoms with Crippen molar-refractivity contribution >= 4 is 51.5 Å². The van der Waals surface area contributed by atoms with E-state index in [1.165, 1.54) is 0 Å². The van der Waals surface area contributed by atoms with Crippen LogP contribution in [-0.2, 0) is 0 Å². The Morgan fingerprint density at radius 2 is 1.79 bits per heavy atom. The molecule has 0 aliphatic carbocycles. The smallest absolute Gasteiger partial charge is 0.138 e. The average Bonchev–Trinajstić information content (AvgIpc) is 2.76. The van der Waals surface area contributed by atoms with Crippen molar-refractivity contribution < 1.29 is 0 Å². The number of nitrogens with zero attached hydrogens (tertiary/aromatic N) is 1. The number of nitrogens with one attached hydrogen (secondary N) is 1. The lowest BCUT2D eigenvalue weighted by Crippen LogP contribution is -1.88. The lowest BCUT2D eigenvalue weighted by atomic mass is 10.2. The molecule has 2 aromatic carbocycles. The molecule has 0 amide bonds. The van der Waals surface area contributed by atoms with Crippen LogP contribution in [0.4, 0.5) is 5.69 Å². The van der Waals surface area contributed by atoms with E-state index in [1.54, 1.807) is 24.3 Å². The fourth-order valence-electron chi connectivity index (χ4n) is 1.87. The van der Waals surface area contributed by atoms with Gasteiger partial charge >= 0.3 is 0 Å². The first-order valence-electron chi connectivity index (χ1n) is 5.45. The monoisotopic (exact) mass is 311 g/mol. The van der Waals surface area contributed by atoms with Gasteiger partial charge in [-0.2, -0.15) is 0 Å². The summed E-state index contributed by atoms with van der Waals surface area (Å²) in [6.07, 6.45) is 0. The molecule has 3 N–H and O–H groups in total. The maximum absolute atomic E-state index is 6.11. The highest BCUT2D eigenvalue weighted by Crippen LogP contribution is 2.30. The zero-order chi connectivity index (χ0) is 13.6. The maximum Gasteiger partial charge on any atom is 0.138 e. The molecule has 6 heteroatoms. The number of H-pyrrole nitrogens is 1. The van der Waals surface area contributed by atoms with Crippen LogP contribution in [-0.4, -0.2) is 9.97 Å². The summed E-state index contributed by atoms with van der Waals surface area (Å²) in [7, 11) is 0. The van der Waals surface area contributed by atoms with E-state index in [2.05, 4.69) is 9.97 Å². The van der Waals surface area contributed by atoms with E-state index in [4.69, 9.17) is 40.5 Å². The first kappa shape index (κ1) is 12.6. The molecule has 0 radical (unpaired) electrons. The minimum absolute atomic E-state index is 0.503. The lowest BCUT2D eigenvalue weighted by Gasteiger charge is -2.00. The van der Waals surface area contributed by atoms with Gasteiger partial charge < -0.3 is 10.7 Å². The van der Waals surface area contributed by atoms with E-state index in [-0.39, 0.29) is 0 Å². The van der Waals surface area contributed by atoms with Gasteiger partial charge in [0.05, 0.1) is 21.2 Å². The molecule has 3 aromatic rings. The fourth-order valence-corrected chi connectivity index (χ4v) is 2.52. The van der Waals surface area contributed by atoms with Gasteiger partial charge in [0.1, 0.15) is 11.3 Å². The third kappa shape index (κ3) is 2.25. The molecule has 0 spiro atoms. The molecule has 0 fully saturated rings. The number of imidazole rings is 1. The number of anilines is 1. The van der Waals surface area contributed by atoms with Crippen molar-refractivity contribution in [2.45, 2.75) is 0 Å². The number of aromatic amines is 1. The summed E-state index contributed by atoms with van der Waals surface area (Å²) in [5, 5.41) is 1.58. The van der Waals surface area contributed by atoms with E-state index < -0.39 is 0 Å². The summed E-state index contributed by atoms with van der Waals surface area (Å²) in [6, 6.07) is 8.76. The summed E-state index contributed by atoms with van der Waals surface area (Å²) in [5.41, 5.74) is 8.58. The van der Waals surface area contributed by atoms with Crippen molar-refractivity contribution in [3.63, 3.8) is 0 Å². The van der Waals surface area contributed by atoms with Crippen LogP contribution in [0, 0.1) is 0 Å². The van der Waals surface area contributed by atoms with E-state index in [1.807, 2.05) is 6.07 Å². The molecule has 96 valence electrons. The molecule has 0 unspecified atom stereocenters. The van der Waals surface area contributed by atoms with Crippen molar-refractivity contribution in [3.05, 3.63) is 45.4 Å². The topological polar surface area (TPSA) is 54.7 Å². The van der Waals surface area contributed by atoms with Crippen molar-refractivity contribution in [1.29, 1.82) is 0 Å². The molecule has 1 heterocycles. The van der Waals surface area contributed by atoms with Gasteiger partial charge in [-0.3, -0.25) is 0 Å². The predicted octanol–water partition coefficient (Wildman–Crippen LogP) is 4.77. The van der Waals surface area contributed by atoms with Gasteiger partial charge in [-0.25, -0.2) is 4.98 Å². The number of hydrogen-bond donors (Lipinski definition) is 2. The van der Waals surface area contributed by atoms with Crippen molar-refractivity contribution in [2.24, 2.45) is 0 Å². The number of nitrogens with two attached hydrogens (primary N) is 1. The molecule has 0 atom stereocenters. The van der Waals surface area contributed by atoms with Gasteiger partial charge in [0, 0.05) is 10.6 Å². The summed E-state index contributed by atoms with van der Waals surface area (Å²) >= 11 is 18.0. The number of halogens is 3. The Labute approximate surface area is 124 Å². The van der Waals surface area contributed by atoms with Crippen LogP contribution in [0.1, 0.15) is 0 Å².